The lowest BCUT2D eigenvalue weighted by Gasteiger charge is -2.11. The average Bonchev–Trinajstić information content (AvgIpc) is 2.05. The van der Waals surface area contributed by atoms with Gasteiger partial charge in [-0.2, -0.15) is 0 Å². The maximum Gasteiger partial charge on any atom is 0.236 e. The van der Waals surface area contributed by atoms with Crippen molar-refractivity contribution in [3.63, 3.8) is 0 Å². The molecule has 0 saturated carbocycles. The van der Waals surface area contributed by atoms with Gasteiger partial charge in [0.25, 0.3) is 0 Å². The van der Waals surface area contributed by atoms with Gasteiger partial charge in [-0.25, -0.2) is 0 Å². The lowest BCUT2D eigenvalue weighted by Crippen LogP contribution is -2.42. The Hall–Kier alpha value is -0.640. The Morgan fingerprint density at radius 2 is 2.25 bits per heavy atom. The second-order valence-corrected chi connectivity index (χ2v) is 2.61. The van der Waals surface area contributed by atoms with E-state index >= 15 is 0 Å². The van der Waals surface area contributed by atoms with Crippen LogP contribution in [0.3, 0.4) is 0 Å². The fourth-order valence-electron chi connectivity index (χ4n) is 0.805. The number of amides is 1. The highest BCUT2D eigenvalue weighted by atomic mass is 19.1. The summed E-state index contributed by atoms with van der Waals surface area (Å²) in [5.41, 5.74) is 0. The minimum absolute atomic E-state index is 0.0311. The number of carbonyl (C=O) groups is 1. The number of rotatable bonds is 6. The highest BCUT2D eigenvalue weighted by molar-refractivity contribution is 5.81. The number of hydrogen-bond acceptors (Lipinski definition) is 2. The summed E-state index contributed by atoms with van der Waals surface area (Å²) in [6.07, 6.45) is 0.462. The second-order valence-electron chi connectivity index (χ2n) is 2.61. The van der Waals surface area contributed by atoms with Crippen molar-refractivity contribution in [2.45, 2.75) is 26.3 Å². The topological polar surface area (TPSA) is 41.1 Å². The number of hydrogen-bond donors (Lipinski definition) is 2. The molecule has 0 rings (SSSR count). The SMILES string of the molecule is CCNC(=O)C(C)NCCCF. The van der Waals surface area contributed by atoms with Crippen LogP contribution >= 0.6 is 0 Å². The van der Waals surface area contributed by atoms with Crippen LogP contribution in [0.1, 0.15) is 20.3 Å². The molecule has 0 fully saturated rings. The van der Waals surface area contributed by atoms with Crippen LogP contribution in [0.2, 0.25) is 0 Å². The van der Waals surface area contributed by atoms with Crippen LogP contribution in [0.15, 0.2) is 0 Å². The monoisotopic (exact) mass is 176 g/mol. The molecule has 0 radical (unpaired) electrons. The van der Waals surface area contributed by atoms with Crippen LogP contribution in [-0.2, 0) is 4.79 Å². The third-order valence-electron chi connectivity index (χ3n) is 1.51. The first-order valence-electron chi connectivity index (χ1n) is 4.29. The van der Waals surface area contributed by atoms with Crippen LogP contribution in [-0.4, -0.2) is 31.7 Å². The molecule has 4 heteroatoms. The third kappa shape index (κ3) is 5.07. The Morgan fingerprint density at radius 1 is 1.58 bits per heavy atom. The van der Waals surface area contributed by atoms with E-state index < -0.39 is 0 Å². The molecular formula is C8H17FN2O. The van der Waals surface area contributed by atoms with Gasteiger partial charge in [0, 0.05) is 6.54 Å². The van der Waals surface area contributed by atoms with Crippen LogP contribution < -0.4 is 10.6 Å². The second kappa shape index (κ2) is 7.03. The first kappa shape index (κ1) is 11.4. The molecule has 0 spiro atoms. The lowest BCUT2D eigenvalue weighted by molar-refractivity contribution is -0.122. The molecule has 0 bridgehead atoms. The van der Waals surface area contributed by atoms with E-state index in [1.54, 1.807) is 6.92 Å². The van der Waals surface area contributed by atoms with Crippen molar-refractivity contribution in [3.05, 3.63) is 0 Å². The highest BCUT2D eigenvalue weighted by Crippen LogP contribution is 1.83. The molecule has 0 saturated heterocycles. The number of carbonyl (C=O) groups excluding carboxylic acids is 1. The number of halogens is 1. The first-order chi connectivity index (χ1) is 5.72. The summed E-state index contributed by atoms with van der Waals surface area (Å²) in [7, 11) is 0. The molecule has 3 nitrogen and oxygen atoms in total. The summed E-state index contributed by atoms with van der Waals surface area (Å²) in [5, 5.41) is 5.59. The molecule has 0 aromatic heterocycles. The predicted octanol–water partition coefficient (Wildman–Crippen LogP) is 0.460. The summed E-state index contributed by atoms with van der Waals surface area (Å²) in [4.78, 5) is 11.1. The minimum Gasteiger partial charge on any atom is -0.355 e. The molecule has 72 valence electrons. The van der Waals surface area contributed by atoms with E-state index in [2.05, 4.69) is 10.6 Å². The van der Waals surface area contributed by atoms with E-state index in [1.165, 1.54) is 0 Å². The average molecular weight is 176 g/mol. The van der Waals surface area contributed by atoms with Gasteiger partial charge in [0.05, 0.1) is 12.7 Å². The highest BCUT2D eigenvalue weighted by Gasteiger charge is 2.09. The Balaban J connectivity index is 3.42. The molecule has 1 amide bonds. The zero-order chi connectivity index (χ0) is 9.40. The van der Waals surface area contributed by atoms with Gasteiger partial charge in [0.2, 0.25) is 5.91 Å². The predicted molar refractivity (Wildman–Crippen MR) is 46.7 cm³/mol. The van der Waals surface area contributed by atoms with Crippen molar-refractivity contribution >= 4 is 5.91 Å². The van der Waals surface area contributed by atoms with E-state index in [1.807, 2.05) is 6.92 Å². The fourth-order valence-corrected chi connectivity index (χ4v) is 0.805. The lowest BCUT2D eigenvalue weighted by atomic mass is 10.3. The molecular weight excluding hydrogens is 159 g/mol. The van der Waals surface area contributed by atoms with Gasteiger partial charge in [0.15, 0.2) is 0 Å². The minimum atomic E-state index is -0.338. The summed E-state index contributed by atoms with van der Waals surface area (Å²) in [6.45, 7) is 4.48. The standard InChI is InChI=1S/C8H17FN2O/c1-3-10-8(12)7(2)11-6-4-5-9/h7,11H,3-6H2,1-2H3,(H,10,12). The van der Waals surface area contributed by atoms with Gasteiger partial charge in [-0.3, -0.25) is 9.18 Å². The Bertz CT molecular complexity index is 130. The van der Waals surface area contributed by atoms with Crippen LogP contribution in [0, 0.1) is 0 Å². The van der Waals surface area contributed by atoms with Crippen LogP contribution in [0.5, 0.6) is 0 Å². The number of alkyl halides is 1. The van der Waals surface area contributed by atoms with E-state index in [4.69, 9.17) is 0 Å². The van der Waals surface area contributed by atoms with Crippen molar-refractivity contribution in [1.82, 2.24) is 10.6 Å². The van der Waals surface area contributed by atoms with Crippen molar-refractivity contribution in [1.29, 1.82) is 0 Å². The van der Waals surface area contributed by atoms with Gasteiger partial charge in [-0.1, -0.05) is 0 Å². The maximum absolute atomic E-state index is 11.7. The molecule has 0 aliphatic heterocycles. The summed E-state index contributed by atoms with van der Waals surface area (Å²) < 4.78 is 11.7. The maximum atomic E-state index is 11.7. The zero-order valence-corrected chi connectivity index (χ0v) is 7.69. The van der Waals surface area contributed by atoms with Gasteiger partial charge in [-0.05, 0) is 26.8 Å². The summed E-state index contributed by atoms with van der Waals surface area (Å²) in [6, 6.07) is -0.225. The zero-order valence-electron chi connectivity index (χ0n) is 7.69. The summed E-state index contributed by atoms with van der Waals surface area (Å²) >= 11 is 0. The number of nitrogens with one attached hydrogen (secondary N) is 2. The van der Waals surface area contributed by atoms with Crippen LogP contribution in [0.4, 0.5) is 4.39 Å². The molecule has 12 heavy (non-hydrogen) atoms. The van der Waals surface area contributed by atoms with E-state index in [9.17, 15) is 9.18 Å². The van der Waals surface area contributed by atoms with Gasteiger partial charge >= 0.3 is 0 Å². The molecule has 0 heterocycles. The van der Waals surface area contributed by atoms with Crippen molar-refractivity contribution in [2.75, 3.05) is 19.8 Å². The largest absolute Gasteiger partial charge is 0.355 e. The molecule has 0 aliphatic rings. The molecule has 2 N–H and O–H groups in total. The van der Waals surface area contributed by atoms with E-state index in [0.29, 0.717) is 19.5 Å². The van der Waals surface area contributed by atoms with Gasteiger partial charge < -0.3 is 10.6 Å². The van der Waals surface area contributed by atoms with Gasteiger partial charge in [0.1, 0.15) is 0 Å². The van der Waals surface area contributed by atoms with Gasteiger partial charge in [-0.15, -0.1) is 0 Å². The Morgan fingerprint density at radius 3 is 2.75 bits per heavy atom. The van der Waals surface area contributed by atoms with Crippen LogP contribution in [0.25, 0.3) is 0 Å². The van der Waals surface area contributed by atoms with Crippen molar-refractivity contribution in [2.24, 2.45) is 0 Å². The van der Waals surface area contributed by atoms with Crippen molar-refractivity contribution in [3.8, 4) is 0 Å². The molecule has 0 aromatic carbocycles. The van der Waals surface area contributed by atoms with E-state index in [0.717, 1.165) is 0 Å². The van der Waals surface area contributed by atoms with E-state index in [-0.39, 0.29) is 18.6 Å². The quantitative estimate of drug-likeness (QED) is 0.577. The Labute approximate surface area is 72.7 Å². The Kier molecular flexibility index (Phi) is 6.66. The molecule has 1 unspecified atom stereocenters. The first-order valence-corrected chi connectivity index (χ1v) is 4.29. The third-order valence-corrected chi connectivity index (χ3v) is 1.51. The summed E-state index contributed by atoms with van der Waals surface area (Å²) in [5.74, 6) is -0.0311. The fraction of sp³-hybridized carbons (Fsp3) is 0.875. The number of likely N-dealkylation sites (N-methyl/N-ethyl adjacent to an activating group) is 1. The smallest absolute Gasteiger partial charge is 0.236 e. The molecule has 0 aliphatic carbocycles. The molecule has 0 aromatic rings. The molecule has 1 atom stereocenters. The van der Waals surface area contributed by atoms with Crippen molar-refractivity contribution < 1.29 is 9.18 Å². The normalized spacial score (nSPS) is 12.6.